The molecule has 0 saturated heterocycles. The van der Waals surface area contributed by atoms with Gasteiger partial charge in [-0.3, -0.25) is 4.79 Å². The van der Waals surface area contributed by atoms with Crippen molar-refractivity contribution in [1.29, 1.82) is 0 Å². The van der Waals surface area contributed by atoms with Crippen LogP contribution in [0.15, 0.2) is 0 Å². The first-order chi connectivity index (χ1) is 1.41. The van der Waals surface area contributed by atoms with Gasteiger partial charge in [0.2, 0.25) is 0 Å². The molecule has 0 aliphatic heterocycles. The second-order valence-electron chi connectivity index (χ2n) is 0.105. The number of rotatable bonds is 0. The third-order valence-corrected chi connectivity index (χ3v) is 0. The predicted molar refractivity (Wildman–Crippen MR) is 23.0 cm³/mol. The Morgan fingerprint density at radius 2 is 1.60 bits per heavy atom. The van der Waals surface area contributed by atoms with Gasteiger partial charge in [-0.2, -0.15) is 0 Å². The van der Waals surface area contributed by atoms with Crippen LogP contribution in [-0.2, 0) is 4.79 Å². The van der Waals surface area contributed by atoms with Crippen LogP contribution in [0.1, 0.15) is 0 Å². The van der Waals surface area contributed by atoms with Crippen LogP contribution in [0.4, 0.5) is 0 Å². The summed E-state index contributed by atoms with van der Waals surface area (Å²) in [5.74, 6) is 0. The fraction of sp³-hybridized carbons (Fsp3) is 0. The molecule has 5 heavy (non-hydrogen) atoms. The van der Waals surface area contributed by atoms with Crippen LogP contribution in [0.25, 0.3) is 0 Å². The van der Waals surface area contributed by atoms with Gasteiger partial charge in [-0.05, 0) is 0 Å². The van der Waals surface area contributed by atoms with Gasteiger partial charge in [0, 0.05) is 0 Å². The Labute approximate surface area is 95.0 Å². The third kappa shape index (κ3) is 23.2. The molecule has 2 nitrogen and oxygen atoms in total. The number of carboxylic acid groups (broad SMARTS) is 1. The van der Waals surface area contributed by atoms with Crippen LogP contribution in [0, 0.1) is 0 Å². The Morgan fingerprint density at radius 3 is 1.60 bits per heavy atom. The SMILES string of the molecule is O=CO.[KH].[NaH]. The zero-order valence-electron chi connectivity index (χ0n) is 1.43. The van der Waals surface area contributed by atoms with Gasteiger partial charge >= 0.3 is 80.9 Å². The van der Waals surface area contributed by atoms with Gasteiger partial charge < -0.3 is 5.11 Å². The molecule has 0 radical (unpaired) electrons. The number of hydrogen-bond donors (Lipinski definition) is 1. The fourth-order valence-corrected chi connectivity index (χ4v) is 0. The molecular formula is CH4KNaO2. The molecule has 0 aromatic carbocycles. The van der Waals surface area contributed by atoms with E-state index in [4.69, 9.17) is 9.90 Å². The molecule has 0 heterocycles. The average molecular weight is 110 g/mol. The van der Waals surface area contributed by atoms with E-state index in [2.05, 4.69) is 0 Å². The summed E-state index contributed by atoms with van der Waals surface area (Å²) in [6.45, 7) is -0.250. The van der Waals surface area contributed by atoms with Gasteiger partial charge in [0.1, 0.15) is 0 Å². The van der Waals surface area contributed by atoms with Crippen LogP contribution < -0.4 is 0 Å². The van der Waals surface area contributed by atoms with Crippen molar-refractivity contribution < 1.29 is 9.90 Å². The molecule has 0 unspecified atom stereocenters. The first-order valence-corrected chi connectivity index (χ1v) is 0.494. The van der Waals surface area contributed by atoms with Gasteiger partial charge in [0.05, 0.1) is 0 Å². The third-order valence-electron chi connectivity index (χ3n) is 0. The van der Waals surface area contributed by atoms with E-state index in [1.54, 1.807) is 0 Å². The Bertz CT molecular complexity index is 17.1. The summed E-state index contributed by atoms with van der Waals surface area (Å²) in [6, 6.07) is 0. The van der Waals surface area contributed by atoms with Gasteiger partial charge in [-0.1, -0.05) is 0 Å². The van der Waals surface area contributed by atoms with Crippen molar-refractivity contribution in [2.24, 2.45) is 0 Å². The molecule has 0 rings (SSSR count). The fourth-order valence-electron chi connectivity index (χ4n) is 0. The second kappa shape index (κ2) is 16.5. The van der Waals surface area contributed by atoms with Gasteiger partial charge in [0.25, 0.3) is 6.47 Å². The van der Waals surface area contributed by atoms with E-state index in [1.165, 1.54) is 0 Å². The van der Waals surface area contributed by atoms with Gasteiger partial charge in [0.15, 0.2) is 0 Å². The predicted octanol–water partition coefficient (Wildman–Crippen LogP) is -1.60. The minimum absolute atomic E-state index is 0. The molecule has 0 atom stereocenters. The van der Waals surface area contributed by atoms with Crippen molar-refractivity contribution in [1.82, 2.24) is 0 Å². The molecule has 0 aliphatic rings. The monoisotopic (exact) mass is 110 g/mol. The summed E-state index contributed by atoms with van der Waals surface area (Å²) in [5, 5.41) is 6.89. The quantitative estimate of drug-likeness (QED) is 0.301. The van der Waals surface area contributed by atoms with E-state index in [9.17, 15) is 0 Å². The van der Waals surface area contributed by atoms with Crippen LogP contribution in [0.3, 0.4) is 0 Å². The first-order valence-electron chi connectivity index (χ1n) is 0.494. The molecular weight excluding hydrogens is 106 g/mol. The molecule has 0 saturated carbocycles. The standard InChI is InChI=1S/CH2O2.K.Na.2H/c2-1-3;;;;/h1H,(H,2,3);;;;. The summed E-state index contributed by atoms with van der Waals surface area (Å²) in [5.41, 5.74) is 0. The zero-order valence-corrected chi connectivity index (χ0v) is 1.43. The van der Waals surface area contributed by atoms with E-state index < -0.39 is 0 Å². The van der Waals surface area contributed by atoms with Crippen molar-refractivity contribution in [2.45, 2.75) is 0 Å². The summed E-state index contributed by atoms with van der Waals surface area (Å²) in [4.78, 5) is 8.36. The van der Waals surface area contributed by atoms with E-state index >= 15 is 0 Å². The summed E-state index contributed by atoms with van der Waals surface area (Å²) in [6.07, 6.45) is 0. The Morgan fingerprint density at radius 1 is 1.60 bits per heavy atom. The topological polar surface area (TPSA) is 37.3 Å². The van der Waals surface area contributed by atoms with Crippen LogP contribution >= 0.6 is 0 Å². The molecule has 4 heteroatoms. The summed E-state index contributed by atoms with van der Waals surface area (Å²) >= 11 is 0. The molecule has 0 bridgehead atoms. The summed E-state index contributed by atoms with van der Waals surface area (Å²) in [7, 11) is 0. The molecule has 0 aliphatic carbocycles. The van der Waals surface area contributed by atoms with Crippen LogP contribution in [0.5, 0.6) is 0 Å². The normalized spacial score (nSPS) is 2.40. The van der Waals surface area contributed by atoms with Crippen LogP contribution in [-0.4, -0.2) is 92.5 Å². The number of carbonyl (C=O) groups is 1. The maximum atomic E-state index is 8.36. The van der Waals surface area contributed by atoms with E-state index in [0.29, 0.717) is 0 Å². The van der Waals surface area contributed by atoms with Crippen LogP contribution in [0.2, 0.25) is 0 Å². The maximum absolute atomic E-state index is 8.36. The average Bonchev–Trinajstić information content (AvgIpc) is 0.918. The molecule has 22 valence electrons. The van der Waals surface area contributed by atoms with Crippen molar-refractivity contribution in [3.8, 4) is 0 Å². The van der Waals surface area contributed by atoms with Crippen molar-refractivity contribution in [3.63, 3.8) is 0 Å². The van der Waals surface area contributed by atoms with E-state index in [1.807, 2.05) is 0 Å². The first kappa shape index (κ1) is 15.7. The zero-order chi connectivity index (χ0) is 2.71. The summed E-state index contributed by atoms with van der Waals surface area (Å²) < 4.78 is 0. The molecule has 0 amide bonds. The van der Waals surface area contributed by atoms with E-state index in [-0.39, 0.29) is 87.4 Å². The Hall–Kier alpha value is 2.11. The minimum atomic E-state index is -0.250. The molecule has 0 aromatic heterocycles. The molecule has 0 spiro atoms. The van der Waals surface area contributed by atoms with Crippen molar-refractivity contribution in [3.05, 3.63) is 0 Å². The molecule has 1 N–H and O–H groups in total. The Kier molecular flexibility index (Phi) is 51.9. The van der Waals surface area contributed by atoms with E-state index in [0.717, 1.165) is 0 Å². The second-order valence-corrected chi connectivity index (χ2v) is 0.105. The molecule has 0 aromatic rings. The Balaban J connectivity index is -0.0000000200. The van der Waals surface area contributed by atoms with Gasteiger partial charge in [-0.25, -0.2) is 0 Å². The number of hydrogen-bond acceptors (Lipinski definition) is 1. The van der Waals surface area contributed by atoms with Gasteiger partial charge in [-0.15, -0.1) is 0 Å². The van der Waals surface area contributed by atoms with Crippen molar-refractivity contribution in [2.75, 3.05) is 0 Å². The molecule has 0 fully saturated rings. The van der Waals surface area contributed by atoms with Crippen molar-refractivity contribution >= 4 is 87.4 Å².